The molecule has 2 aliphatic rings. The van der Waals surface area contributed by atoms with Crippen molar-refractivity contribution in [3.05, 3.63) is 34.2 Å². The van der Waals surface area contributed by atoms with Gasteiger partial charge in [0.15, 0.2) is 10.9 Å². The van der Waals surface area contributed by atoms with Crippen molar-refractivity contribution in [1.82, 2.24) is 9.97 Å². The Morgan fingerprint density at radius 2 is 1.78 bits per heavy atom. The Labute approximate surface area is 230 Å². The van der Waals surface area contributed by atoms with E-state index in [9.17, 15) is 9.18 Å². The minimum atomic E-state index is -0.630. The summed E-state index contributed by atoms with van der Waals surface area (Å²) in [5.41, 5.74) is 0.522. The van der Waals surface area contributed by atoms with E-state index in [1.54, 1.807) is 6.20 Å². The molecule has 13 heteroatoms. The van der Waals surface area contributed by atoms with E-state index in [4.69, 9.17) is 49.9 Å². The van der Waals surface area contributed by atoms with Gasteiger partial charge in [0.1, 0.15) is 11.5 Å². The molecule has 2 aromatic rings. The molecule has 0 unspecified atom stereocenters. The lowest BCUT2D eigenvalue weighted by Gasteiger charge is -2.29. The lowest BCUT2D eigenvalue weighted by Crippen LogP contribution is -2.31. The smallest absolute Gasteiger partial charge is 0.308 e. The molecule has 0 radical (unpaired) electrons. The molecule has 1 aliphatic heterocycles. The van der Waals surface area contributed by atoms with Gasteiger partial charge in [-0.05, 0) is 62.9 Å². The summed E-state index contributed by atoms with van der Waals surface area (Å²) < 4.78 is 24.7. The fourth-order valence-corrected chi connectivity index (χ4v) is 5.17. The molecular formula is C24H29Cl2FN6O3S. The van der Waals surface area contributed by atoms with Gasteiger partial charge in [-0.3, -0.25) is 4.79 Å². The molecule has 0 spiro atoms. The first-order valence-corrected chi connectivity index (χ1v) is 13.3. The van der Waals surface area contributed by atoms with Crippen LogP contribution in [0.2, 0.25) is 10.0 Å². The fraction of sp³-hybridized carbons (Fsp3) is 0.500. The van der Waals surface area contributed by atoms with Crippen LogP contribution in [0.4, 0.5) is 27.5 Å². The summed E-state index contributed by atoms with van der Waals surface area (Å²) in [6.07, 6.45) is 6.35. The van der Waals surface area contributed by atoms with Crippen molar-refractivity contribution in [3.8, 4) is 0 Å². The number of thiocarbonyl (C=S) groups is 1. The van der Waals surface area contributed by atoms with E-state index < -0.39 is 5.82 Å². The molecule has 4 rings (SSSR count). The zero-order chi connectivity index (χ0) is 26.4. The molecule has 1 aliphatic carbocycles. The number of methoxy groups -OCH3 is 1. The largest absolute Gasteiger partial charge is 0.469 e. The standard InChI is InChI=1S/C24H29Cl2FN6O3S/c1-35-22(34)13-2-4-15(5-3-13)29-21-19(12-28-23(33-21)30-16-6-8-36-9-7-16)31-24(37)32-20-17(26)10-14(25)11-18(20)27/h10-13,15-16H,2-9H2,1H3,(H2,31,32,37)(H2,28,29,30,33). The van der Waals surface area contributed by atoms with E-state index in [0.29, 0.717) is 30.7 Å². The number of hydrogen-bond donors (Lipinski definition) is 4. The van der Waals surface area contributed by atoms with Crippen molar-refractivity contribution < 1.29 is 18.7 Å². The number of anilines is 4. The summed E-state index contributed by atoms with van der Waals surface area (Å²) in [5.74, 6) is 0.129. The molecule has 1 saturated heterocycles. The highest BCUT2D eigenvalue weighted by atomic mass is 35.5. The van der Waals surface area contributed by atoms with Gasteiger partial charge in [0.05, 0.1) is 29.9 Å². The number of esters is 1. The van der Waals surface area contributed by atoms with Gasteiger partial charge in [-0.15, -0.1) is 0 Å². The highest BCUT2D eigenvalue weighted by molar-refractivity contribution is 7.80. The van der Waals surface area contributed by atoms with Gasteiger partial charge in [-0.1, -0.05) is 23.2 Å². The van der Waals surface area contributed by atoms with Crippen molar-refractivity contribution in [3.63, 3.8) is 0 Å². The maximum atomic E-state index is 14.4. The normalized spacial score (nSPS) is 20.1. The summed E-state index contributed by atoms with van der Waals surface area (Å²) in [5, 5.41) is 13.0. The molecule has 1 aromatic carbocycles. The number of aromatic nitrogens is 2. The lowest BCUT2D eigenvalue weighted by atomic mass is 9.86. The van der Waals surface area contributed by atoms with Crippen LogP contribution in [-0.4, -0.2) is 53.5 Å². The van der Waals surface area contributed by atoms with Crippen LogP contribution < -0.4 is 21.3 Å². The van der Waals surface area contributed by atoms with E-state index in [0.717, 1.165) is 44.6 Å². The lowest BCUT2D eigenvalue weighted by molar-refractivity contribution is -0.146. The van der Waals surface area contributed by atoms with Gasteiger partial charge in [0.2, 0.25) is 5.95 Å². The van der Waals surface area contributed by atoms with Crippen molar-refractivity contribution in [2.75, 3.05) is 41.6 Å². The Balaban J connectivity index is 1.49. The van der Waals surface area contributed by atoms with Crippen molar-refractivity contribution >= 4 is 69.6 Å². The van der Waals surface area contributed by atoms with Gasteiger partial charge in [0.25, 0.3) is 0 Å². The van der Waals surface area contributed by atoms with Gasteiger partial charge in [-0.25, -0.2) is 9.37 Å². The minimum absolute atomic E-state index is 0.0120. The second kappa shape index (κ2) is 12.9. The first-order chi connectivity index (χ1) is 17.8. The number of nitrogens with one attached hydrogen (secondary N) is 4. The van der Waals surface area contributed by atoms with Crippen LogP contribution in [0.5, 0.6) is 0 Å². The monoisotopic (exact) mass is 570 g/mol. The van der Waals surface area contributed by atoms with Gasteiger partial charge < -0.3 is 30.7 Å². The van der Waals surface area contributed by atoms with Crippen LogP contribution in [-0.2, 0) is 14.3 Å². The van der Waals surface area contributed by atoms with Crippen LogP contribution in [0, 0.1) is 11.7 Å². The molecule has 9 nitrogen and oxygen atoms in total. The number of ether oxygens (including phenoxy) is 2. The third-order valence-corrected chi connectivity index (χ3v) is 7.16. The molecule has 200 valence electrons. The fourth-order valence-electron chi connectivity index (χ4n) is 4.44. The van der Waals surface area contributed by atoms with Crippen molar-refractivity contribution in [1.29, 1.82) is 0 Å². The number of carbonyl (C=O) groups excluding carboxylic acids is 1. The molecule has 2 heterocycles. The van der Waals surface area contributed by atoms with E-state index >= 15 is 0 Å². The number of nitrogens with zero attached hydrogens (tertiary/aromatic N) is 2. The highest BCUT2D eigenvalue weighted by Crippen LogP contribution is 2.31. The number of carbonyl (C=O) groups is 1. The second-order valence-corrected chi connectivity index (χ2v) is 10.3. The van der Waals surface area contributed by atoms with Crippen molar-refractivity contribution in [2.24, 2.45) is 5.92 Å². The first kappa shape index (κ1) is 27.6. The molecule has 2 fully saturated rings. The summed E-state index contributed by atoms with van der Waals surface area (Å²) in [7, 11) is 1.42. The van der Waals surface area contributed by atoms with E-state index in [1.807, 2.05) is 0 Å². The molecule has 0 amide bonds. The third kappa shape index (κ3) is 7.53. The van der Waals surface area contributed by atoms with E-state index in [2.05, 4.69) is 26.3 Å². The van der Waals surface area contributed by atoms with Crippen LogP contribution in [0.3, 0.4) is 0 Å². The van der Waals surface area contributed by atoms with Crippen LogP contribution >= 0.6 is 35.4 Å². The van der Waals surface area contributed by atoms with Crippen molar-refractivity contribution in [2.45, 2.75) is 50.6 Å². The SMILES string of the molecule is COC(=O)C1CCC(Nc2nc(NC3CCOCC3)ncc2NC(=S)Nc2c(F)cc(Cl)cc2Cl)CC1. The topological polar surface area (TPSA) is 109 Å². The maximum Gasteiger partial charge on any atom is 0.308 e. The van der Waals surface area contributed by atoms with Crippen LogP contribution in [0.25, 0.3) is 0 Å². The summed E-state index contributed by atoms with van der Waals surface area (Å²) in [6, 6.07) is 2.88. The van der Waals surface area contributed by atoms with Crippen LogP contribution in [0.1, 0.15) is 38.5 Å². The van der Waals surface area contributed by atoms with E-state index in [1.165, 1.54) is 13.2 Å². The predicted molar refractivity (Wildman–Crippen MR) is 147 cm³/mol. The maximum absolute atomic E-state index is 14.4. The number of halogens is 3. The molecule has 0 atom stereocenters. The molecule has 37 heavy (non-hydrogen) atoms. The Morgan fingerprint density at radius 1 is 1.08 bits per heavy atom. The number of benzene rings is 1. The zero-order valence-electron chi connectivity index (χ0n) is 20.3. The summed E-state index contributed by atoms with van der Waals surface area (Å²) in [4.78, 5) is 21.1. The van der Waals surface area contributed by atoms with Gasteiger partial charge in [-0.2, -0.15) is 4.98 Å². The molecular weight excluding hydrogens is 542 g/mol. The van der Waals surface area contributed by atoms with Gasteiger partial charge in [0, 0.05) is 30.3 Å². The van der Waals surface area contributed by atoms with Crippen LogP contribution in [0.15, 0.2) is 18.3 Å². The number of rotatable bonds is 7. The summed E-state index contributed by atoms with van der Waals surface area (Å²) >= 11 is 17.4. The first-order valence-electron chi connectivity index (χ1n) is 12.1. The average molecular weight is 572 g/mol. The average Bonchev–Trinajstić information content (AvgIpc) is 2.88. The Kier molecular flexibility index (Phi) is 9.58. The quantitative estimate of drug-likeness (QED) is 0.253. The zero-order valence-corrected chi connectivity index (χ0v) is 22.6. The predicted octanol–water partition coefficient (Wildman–Crippen LogP) is 5.47. The second-order valence-electron chi connectivity index (χ2n) is 9.03. The minimum Gasteiger partial charge on any atom is -0.469 e. The highest BCUT2D eigenvalue weighted by Gasteiger charge is 2.28. The Morgan fingerprint density at radius 3 is 2.46 bits per heavy atom. The molecule has 4 N–H and O–H groups in total. The number of hydrogen-bond acceptors (Lipinski definition) is 8. The van der Waals surface area contributed by atoms with Gasteiger partial charge >= 0.3 is 5.97 Å². The Bertz CT molecular complexity index is 1110. The molecule has 0 bridgehead atoms. The summed E-state index contributed by atoms with van der Waals surface area (Å²) in [6.45, 7) is 1.38. The molecule has 1 aromatic heterocycles. The third-order valence-electron chi connectivity index (χ3n) is 6.44. The van der Waals surface area contributed by atoms with E-state index in [-0.39, 0.29) is 44.8 Å². The Hall–Kier alpha value is -2.47. The molecule has 1 saturated carbocycles.